The molecular formula is C65H127NO5. The van der Waals surface area contributed by atoms with Gasteiger partial charge in [0.05, 0.1) is 25.4 Å². The fourth-order valence-corrected chi connectivity index (χ4v) is 10.3. The fourth-order valence-electron chi connectivity index (χ4n) is 10.3. The predicted octanol–water partition coefficient (Wildman–Crippen LogP) is 20.4. The summed E-state index contributed by atoms with van der Waals surface area (Å²) in [6.07, 6.45) is 73.8. The Morgan fingerprint density at radius 2 is 0.662 bits per heavy atom. The summed E-state index contributed by atoms with van der Waals surface area (Å²) >= 11 is 0. The standard InChI is InChI=1S/C65H127NO5/c1-3-5-7-9-11-13-15-17-18-30-34-37-41-45-49-53-57-63(68)62(61-67)66-64(69)58-54-50-46-42-38-35-31-28-26-24-22-20-19-21-23-25-27-29-32-36-40-44-48-52-56-60-71-65(70)59-55-51-47-43-39-33-16-14-12-10-8-6-4-2/h14,16,62-63,67-68H,3-13,15,17-61H2,1-2H3,(H,66,69)/b16-14-. The maximum Gasteiger partial charge on any atom is 0.305 e. The molecule has 6 heteroatoms. The summed E-state index contributed by atoms with van der Waals surface area (Å²) in [5.74, 6) is -0.0223. The molecule has 71 heavy (non-hydrogen) atoms. The molecule has 0 aliphatic rings. The van der Waals surface area contributed by atoms with E-state index in [1.54, 1.807) is 0 Å². The maximum absolute atomic E-state index is 12.5. The lowest BCUT2D eigenvalue weighted by molar-refractivity contribution is -0.143. The van der Waals surface area contributed by atoms with Crippen molar-refractivity contribution in [2.24, 2.45) is 0 Å². The normalized spacial score (nSPS) is 12.6. The molecule has 0 aromatic carbocycles. The number of amides is 1. The van der Waals surface area contributed by atoms with E-state index in [9.17, 15) is 19.8 Å². The highest BCUT2D eigenvalue weighted by atomic mass is 16.5. The van der Waals surface area contributed by atoms with Gasteiger partial charge in [-0.05, 0) is 51.4 Å². The number of rotatable bonds is 61. The van der Waals surface area contributed by atoms with Gasteiger partial charge in [-0.15, -0.1) is 0 Å². The third-order valence-electron chi connectivity index (χ3n) is 15.3. The summed E-state index contributed by atoms with van der Waals surface area (Å²) in [6.45, 7) is 4.97. The first-order valence-electron chi connectivity index (χ1n) is 32.4. The van der Waals surface area contributed by atoms with Crippen molar-refractivity contribution in [2.75, 3.05) is 13.2 Å². The van der Waals surface area contributed by atoms with Gasteiger partial charge in [0.1, 0.15) is 0 Å². The molecule has 2 unspecified atom stereocenters. The number of hydrogen-bond acceptors (Lipinski definition) is 5. The van der Waals surface area contributed by atoms with Crippen molar-refractivity contribution in [1.29, 1.82) is 0 Å². The lowest BCUT2D eigenvalue weighted by Gasteiger charge is -2.22. The summed E-state index contributed by atoms with van der Waals surface area (Å²) in [4.78, 5) is 24.5. The highest BCUT2D eigenvalue weighted by molar-refractivity contribution is 5.76. The van der Waals surface area contributed by atoms with Gasteiger partial charge < -0.3 is 20.3 Å². The number of aliphatic hydroxyl groups excluding tert-OH is 2. The first kappa shape index (κ1) is 69.6. The zero-order chi connectivity index (χ0) is 51.4. The van der Waals surface area contributed by atoms with Crippen molar-refractivity contribution in [1.82, 2.24) is 5.32 Å². The van der Waals surface area contributed by atoms with Crippen molar-refractivity contribution in [3.63, 3.8) is 0 Å². The molecular weight excluding hydrogens is 875 g/mol. The van der Waals surface area contributed by atoms with E-state index >= 15 is 0 Å². The van der Waals surface area contributed by atoms with E-state index in [-0.39, 0.29) is 18.5 Å². The third kappa shape index (κ3) is 57.7. The number of esters is 1. The van der Waals surface area contributed by atoms with Gasteiger partial charge >= 0.3 is 5.97 Å². The average Bonchev–Trinajstić information content (AvgIpc) is 3.37. The van der Waals surface area contributed by atoms with Gasteiger partial charge in [-0.3, -0.25) is 9.59 Å². The molecule has 0 aliphatic heterocycles. The lowest BCUT2D eigenvalue weighted by atomic mass is 10.0. The minimum atomic E-state index is -0.662. The van der Waals surface area contributed by atoms with Crippen molar-refractivity contribution in [2.45, 2.75) is 379 Å². The summed E-state index contributed by atoms with van der Waals surface area (Å²) in [5.41, 5.74) is 0. The molecule has 0 bridgehead atoms. The number of allylic oxidation sites excluding steroid dienone is 2. The fraction of sp³-hybridized carbons (Fsp3) is 0.938. The molecule has 0 fully saturated rings. The van der Waals surface area contributed by atoms with Crippen LogP contribution in [0.3, 0.4) is 0 Å². The van der Waals surface area contributed by atoms with Gasteiger partial charge in [0, 0.05) is 12.8 Å². The van der Waals surface area contributed by atoms with Crippen molar-refractivity contribution in [3.8, 4) is 0 Å². The molecule has 3 N–H and O–H groups in total. The Hall–Kier alpha value is -1.40. The second-order valence-electron chi connectivity index (χ2n) is 22.5. The van der Waals surface area contributed by atoms with E-state index in [1.165, 1.54) is 289 Å². The lowest BCUT2D eigenvalue weighted by Crippen LogP contribution is -2.45. The number of carbonyl (C=O) groups is 2. The molecule has 422 valence electrons. The third-order valence-corrected chi connectivity index (χ3v) is 15.3. The molecule has 6 nitrogen and oxygen atoms in total. The summed E-state index contributed by atoms with van der Waals surface area (Å²) < 4.78 is 5.48. The molecule has 2 atom stereocenters. The Bertz CT molecular complexity index is 1060. The van der Waals surface area contributed by atoms with E-state index < -0.39 is 12.1 Å². The van der Waals surface area contributed by atoms with E-state index in [0.717, 1.165) is 44.9 Å². The Kier molecular flexibility index (Phi) is 59.9. The molecule has 0 radical (unpaired) electrons. The molecule has 0 saturated heterocycles. The molecule has 0 aliphatic carbocycles. The highest BCUT2D eigenvalue weighted by Crippen LogP contribution is 2.19. The van der Waals surface area contributed by atoms with Crippen LogP contribution < -0.4 is 5.32 Å². The first-order valence-corrected chi connectivity index (χ1v) is 32.4. The molecule has 1 amide bonds. The zero-order valence-corrected chi connectivity index (χ0v) is 48.2. The van der Waals surface area contributed by atoms with E-state index in [4.69, 9.17) is 4.74 Å². The van der Waals surface area contributed by atoms with Gasteiger partial charge in [-0.25, -0.2) is 0 Å². The number of nitrogens with one attached hydrogen (secondary N) is 1. The molecule has 0 heterocycles. The van der Waals surface area contributed by atoms with Crippen LogP contribution in [-0.4, -0.2) is 47.4 Å². The SMILES string of the molecule is CCCCCC/C=C\CCCCCCCC(=O)OCCCCCCCCCCCCCCCCCCCCCCCCCCCC(=O)NC(CO)C(O)CCCCCCCCCCCCCCCCCC. The minimum absolute atomic E-state index is 0.00786. The molecule has 0 spiro atoms. The van der Waals surface area contributed by atoms with Crippen LogP contribution in [0.4, 0.5) is 0 Å². The Morgan fingerprint density at radius 1 is 0.380 bits per heavy atom. The zero-order valence-electron chi connectivity index (χ0n) is 48.2. The summed E-state index contributed by atoms with van der Waals surface area (Å²) in [6, 6.07) is -0.539. The largest absolute Gasteiger partial charge is 0.466 e. The monoisotopic (exact) mass is 1000 g/mol. The van der Waals surface area contributed by atoms with E-state index in [1.807, 2.05) is 0 Å². The smallest absolute Gasteiger partial charge is 0.305 e. The van der Waals surface area contributed by atoms with E-state index in [0.29, 0.717) is 25.9 Å². The number of hydrogen-bond donors (Lipinski definition) is 3. The minimum Gasteiger partial charge on any atom is -0.466 e. The summed E-state index contributed by atoms with van der Waals surface area (Å²) in [7, 11) is 0. The second-order valence-corrected chi connectivity index (χ2v) is 22.5. The predicted molar refractivity (Wildman–Crippen MR) is 310 cm³/mol. The Morgan fingerprint density at radius 3 is 1.01 bits per heavy atom. The van der Waals surface area contributed by atoms with Crippen molar-refractivity contribution < 1.29 is 24.5 Å². The number of aliphatic hydroxyl groups is 2. The van der Waals surface area contributed by atoms with Gasteiger partial charge in [0.15, 0.2) is 0 Å². The van der Waals surface area contributed by atoms with Gasteiger partial charge in [0.25, 0.3) is 0 Å². The topological polar surface area (TPSA) is 95.9 Å². The Balaban J connectivity index is 3.35. The Labute approximate surface area is 444 Å². The van der Waals surface area contributed by atoms with Gasteiger partial charge in [-0.1, -0.05) is 315 Å². The average molecular weight is 1000 g/mol. The molecule has 0 aromatic rings. The first-order chi connectivity index (χ1) is 35.0. The maximum atomic E-state index is 12.5. The number of carbonyl (C=O) groups excluding carboxylic acids is 2. The molecule has 0 rings (SSSR count). The number of ether oxygens (including phenoxy) is 1. The van der Waals surface area contributed by atoms with Crippen LogP contribution in [0.1, 0.15) is 367 Å². The van der Waals surface area contributed by atoms with Crippen LogP contribution in [0.2, 0.25) is 0 Å². The van der Waals surface area contributed by atoms with Crippen LogP contribution in [0.15, 0.2) is 12.2 Å². The van der Waals surface area contributed by atoms with Crippen LogP contribution >= 0.6 is 0 Å². The molecule has 0 saturated carbocycles. The van der Waals surface area contributed by atoms with Gasteiger partial charge in [-0.2, -0.15) is 0 Å². The van der Waals surface area contributed by atoms with Crippen LogP contribution in [-0.2, 0) is 14.3 Å². The van der Waals surface area contributed by atoms with Crippen LogP contribution in [0.5, 0.6) is 0 Å². The van der Waals surface area contributed by atoms with Crippen LogP contribution in [0.25, 0.3) is 0 Å². The van der Waals surface area contributed by atoms with Crippen LogP contribution in [0, 0.1) is 0 Å². The van der Waals surface area contributed by atoms with E-state index in [2.05, 4.69) is 31.3 Å². The molecule has 0 aromatic heterocycles. The number of unbranched alkanes of at least 4 members (excludes halogenated alkanes) is 48. The highest BCUT2D eigenvalue weighted by Gasteiger charge is 2.20. The van der Waals surface area contributed by atoms with Crippen molar-refractivity contribution in [3.05, 3.63) is 12.2 Å². The summed E-state index contributed by atoms with van der Waals surface area (Å²) in [5, 5.41) is 23.3. The van der Waals surface area contributed by atoms with Gasteiger partial charge in [0.2, 0.25) is 5.91 Å². The van der Waals surface area contributed by atoms with Crippen molar-refractivity contribution >= 4 is 11.9 Å². The second kappa shape index (κ2) is 61.1. The quantitative estimate of drug-likeness (QED) is 0.0320.